The standard InChI is InChI=1S/C15H10ClN3O4/c16-9-4-6-10(7-5-9)17-8-18-14(20)11-2-1-3-12(19(22)23)13(11)15(18)21/h1-7,17H,8H2. The number of nitrogens with one attached hydrogen (secondary N) is 1. The highest BCUT2D eigenvalue weighted by molar-refractivity contribution is 6.30. The van der Waals surface area contributed by atoms with Crippen LogP contribution in [0.2, 0.25) is 5.02 Å². The third-order valence-corrected chi connectivity index (χ3v) is 3.71. The zero-order valence-corrected chi connectivity index (χ0v) is 12.4. The van der Waals surface area contributed by atoms with Crippen molar-refractivity contribution in [3.63, 3.8) is 0 Å². The first kappa shape index (κ1) is 15.0. The Morgan fingerprint density at radius 1 is 1.09 bits per heavy atom. The fourth-order valence-corrected chi connectivity index (χ4v) is 2.48. The van der Waals surface area contributed by atoms with Crippen LogP contribution in [0, 0.1) is 10.1 Å². The van der Waals surface area contributed by atoms with Gasteiger partial charge in [0.2, 0.25) is 0 Å². The van der Waals surface area contributed by atoms with Gasteiger partial charge in [-0.2, -0.15) is 0 Å². The number of nitrogens with zero attached hydrogens (tertiary/aromatic N) is 2. The predicted molar refractivity (Wildman–Crippen MR) is 83.5 cm³/mol. The average molecular weight is 332 g/mol. The molecular weight excluding hydrogens is 322 g/mol. The molecule has 1 N–H and O–H groups in total. The molecule has 2 aromatic carbocycles. The molecule has 2 aromatic rings. The largest absolute Gasteiger partial charge is 0.367 e. The molecule has 0 radical (unpaired) electrons. The second-order valence-corrected chi connectivity index (χ2v) is 5.27. The summed E-state index contributed by atoms with van der Waals surface area (Å²) in [5.41, 5.74) is 0.179. The number of benzene rings is 2. The summed E-state index contributed by atoms with van der Waals surface area (Å²) in [5.74, 6) is -1.24. The lowest BCUT2D eigenvalue weighted by molar-refractivity contribution is -0.385. The van der Waals surface area contributed by atoms with Crippen LogP contribution in [0.5, 0.6) is 0 Å². The Hall–Kier alpha value is -2.93. The number of hydrogen-bond acceptors (Lipinski definition) is 5. The summed E-state index contributed by atoms with van der Waals surface area (Å²) >= 11 is 5.78. The number of nitro groups is 1. The van der Waals surface area contributed by atoms with E-state index in [0.29, 0.717) is 10.7 Å². The highest BCUT2D eigenvalue weighted by Gasteiger charge is 2.40. The van der Waals surface area contributed by atoms with E-state index in [2.05, 4.69) is 5.32 Å². The Morgan fingerprint density at radius 3 is 2.43 bits per heavy atom. The Morgan fingerprint density at radius 2 is 1.78 bits per heavy atom. The highest BCUT2D eigenvalue weighted by Crippen LogP contribution is 2.30. The summed E-state index contributed by atoms with van der Waals surface area (Å²) in [6, 6.07) is 10.7. The van der Waals surface area contributed by atoms with Crippen LogP contribution in [0.15, 0.2) is 42.5 Å². The van der Waals surface area contributed by atoms with E-state index in [9.17, 15) is 19.7 Å². The zero-order valence-electron chi connectivity index (χ0n) is 11.7. The van der Waals surface area contributed by atoms with Gasteiger partial charge in [0.25, 0.3) is 17.5 Å². The second-order valence-electron chi connectivity index (χ2n) is 4.84. The lowest BCUT2D eigenvalue weighted by Gasteiger charge is -2.15. The van der Waals surface area contributed by atoms with Crippen LogP contribution in [0.1, 0.15) is 20.7 Å². The minimum atomic E-state index is -0.682. The van der Waals surface area contributed by atoms with E-state index in [1.807, 2.05) is 0 Å². The van der Waals surface area contributed by atoms with Crippen molar-refractivity contribution < 1.29 is 14.5 Å². The van der Waals surface area contributed by atoms with Crippen LogP contribution in [0.25, 0.3) is 0 Å². The maximum Gasteiger partial charge on any atom is 0.282 e. The van der Waals surface area contributed by atoms with E-state index in [0.717, 1.165) is 4.90 Å². The third kappa shape index (κ3) is 2.62. The van der Waals surface area contributed by atoms with Crippen molar-refractivity contribution in [3.05, 3.63) is 68.7 Å². The number of fused-ring (bicyclic) bond motifs is 1. The normalized spacial score (nSPS) is 13.2. The third-order valence-electron chi connectivity index (χ3n) is 3.46. The first-order chi connectivity index (χ1) is 11.0. The van der Waals surface area contributed by atoms with Crippen LogP contribution in [0.3, 0.4) is 0 Å². The Bertz CT molecular complexity index is 820. The molecule has 1 aliphatic heterocycles. The Kier molecular flexibility index (Phi) is 3.71. The zero-order chi connectivity index (χ0) is 16.6. The van der Waals surface area contributed by atoms with Gasteiger partial charge in [-0.25, -0.2) is 0 Å². The maximum atomic E-state index is 12.3. The minimum absolute atomic E-state index is 0.0436. The van der Waals surface area contributed by atoms with Crippen LogP contribution in [-0.4, -0.2) is 28.3 Å². The first-order valence-corrected chi connectivity index (χ1v) is 7.00. The number of rotatable bonds is 4. The minimum Gasteiger partial charge on any atom is -0.367 e. The van der Waals surface area contributed by atoms with E-state index in [1.165, 1.54) is 18.2 Å². The number of anilines is 1. The van der Waals surface area contributed by atoms with Gasteiger partial charge in [0.1, 0.15) is 5.56 Å². The number of imide groups is 1. The molecule has 0 saturated carbocycles. The molecule has 0 spiro atoms. The quantitative estimate of drug-likeness (QED) is 0.528. The van der Waals surface area contributed by atoms with Gasteiger partial charge in [0, 0.05) is 16.8 Å². The Labute approximate surface area is 135 Å². The van der Waals surface area contributed by atoms with Crippen LogP contribution >= 0.6 is 11.6 Å². The maximum absolute atomic E-state index is 12.3. The van der Waals surface area contributed by atoms with E-state index in [1.54, 1.807) is 24.3 Å². The number of carbonyl (C=O) groups excluding carboxylic acids is 2. The van der Waals surface area contributed by atoms with Crippen LogP contribution in [0.4, 0.5) is 11.4 Å². The second kappa shape index (κ2) is 5.69. The monoisotopic (exact) mass is 331 g/mol. The van der Waals surface area contributed by atoms with E-state index in [4.69, 9.17) is 11.6 Å². The predicted octanol–water partition coefficient (Wildman–Crippen LogP) is 2.91. The molecular formula is C15H10ClN3O4. The lowest BCUT2D eigenvalue weighted by Crippen LogP contribution is -2.34. The summed E-state index contributed by atoms with van der Waals surface area (Å²) in [4.78, 5) is 35.9. The molecule has 1 aliphatic rings. The lowest BCUT2D eigenvalue weighted by atomic mass is 10.1. The molecule has 2 amide bonds. The fraction of sp³-hybridized carbons (Fsp3) is 0.0667. The highest BCUT2D eigenvalue weighted by atomic mass is 35.5. The number of amides is 2. The van der Waals surface area contributed by atoms with Gasteiger partial charge in [0.15, 0.2) is 0 Å². The van der Waals surface area contributed by atoms with Gasteiger partial charge in [-0.15, -0.1) is 0 Å². The van der Waals surface area contributed by atoms with E-state index >= 15 is 0 Å². The molecule has 0 atom stereocenters. The first-order valence-electron chi connectivity index (χ1n) is 6.62. The molecule has 23 heavy (non-hydrogen) atoms. The van der Waals surface area contributed by atoms with Gasteiger partial charge >= 0.3 is 0 Å². The molecule has 0 unspecified atom stereocenters. The number of halogens is 1. The average Bonchev–Trinajstić information content (AvgIpc) is 2.78. The molecule has 8 heteroatoms. The van der Waals surface area contributed by atoms with Crippen molar-refractivity contribution in [1.82, 2.24) is 4.90 Å². The Balaban J connectivity index is 1.84. The molecule has 3 rings (SSSR count). The number of hydrogen-bond donors (Lipinski definition) is 1. The molecule has 0 saturated heterocycles. The molecule has 0 fully saturated rings. The van der Waals surface area contributed by atoms with Gasteiger partial charge in [-0.05, 0) is 30.3 Å². The summed E-state index contributed by atoms with van der Waals surface area (Å²) in [6.45, 7) is -0.0921. The molecule has 116 valence electrons. The number of nitro benzene ring substituents is 1. The van der Waals surface area contributed by atoms with Crippen molar-refractivity contribution in [2.45, 2.75) is 0 Å². The fourth-order valence-electron chi connectivity index (χ4n) is 2.35. The summed E-state index contributed by atoms with van der Waals surface area (Å²) in [7, 11) is 0. The van der Waals surface area contributed by atoms with Gasteiger partial charge < -0.3 is 5.32 Å². The van der Waals surface area contributed by atoms with Crippen molar-refractivity contribution >= 4 is 34.8 Å². The van der Waals surface area contributed by atoms with Crippen LogP contribution in [-0.2, 0) is 0 Å². The summed E-state index contributed by atoms with van der Waals surface area (Å²) in [6.07, 6.45) is 0. The van der Waals surface area contributed by atoms with Gasteiger partial charge in [-0.3, -0.25) is 24.6 Å². The van der Waals surface area contributed by atoms with Crippen LogP contribution < -0.4 is 5.32 Å². The molecule has 0 aliphatic carbocycles. The van der Waals surface area contributed by atoms with Gasteiger partial charge in [-0.1, -0.05) is 17.7 Å². The van der Waals surface area contributed by atoms with Crippen molar-refractivity contribution in [2.24, 2.45) is 0 Å². The number of carbonyl (C=O) groups is 2. The molecule has 0 bridgehead atoms. The van der Waals surface area contributed by atoms with E-state index in [-0.39, 0.29) is 23.5 Å². The van der Waals surface area contributed by atoms with E-state index < -0.39 is 16.7 Å². The van der Waals surface area contributed by atoms with Crippen molar-refractivity contribution in [1.29, 1.82) is 0 Å². The van der Waals surface area contributed by atoms with Gasteiger partial charge in [0.05, 0.1) is 17.2 Å². The molecule has 7 nitrogen and oxygen atoms in total. The summed E-state index contributed by atoms with van der Waals surface area (Å²) in [5, 5.41) is 14.5. The molecule has 0 aromatic heterocycles. The molecule has 1 heterocycles. The SMILES string of the molecule is O=C1c2cccc([N+](=O)[O-])c2C(=O)N1CNc1ccc(Cl)cc1. The summed E-state index contributed by atoms with van der Waals surface area (Å²) < 4.78 is 0. The topological polar surface area (TPSA) is 92.5 Å². The van der Waals surface area contributed by atoms with Crippen molar-refractivity contribution in [3.8, 4) is 0 Å². The van der Waals surface area contributed by atoms with Crippen molar-refractivity contribution in [2.75, 3.05) is 12.0 Å². The smallest absolute Gasteiger partial charge is 0.282 e.